The molecule has 1 unspecified atom stereocenters. The number of aliphatic hydroxyl groups is 1. The van der Waals surface area contributed by atoms with Gasteiger partial charge in [0.15, 0.2) is 0 Å². The molecule has 1 aromatic rings. The standard InChI is InChI=1S/C13H18BrNO4S/c14-11-3-5-12(6-4-11)15(7-8-16)20(17,18)10-13-2-1-9-19-13/h3-6,13,16H,1-2,7-10H2. The van der Waals surface area contributed by atoms with E-state index in [0.717, 1.165) is 17.3 Å². The van der Waals surface area contributed by atoms with Crippen LogP contribution in [0.25, 0.3) is 0 Å². The molecular weight excluding hydrogens is 346 g/mol. The maximum atomic E-state index is 12.5. The van der Waals surface area contributed by atoms with Gasteiger partial charge in [-0.3, -0.25) is 4.31 Å². The largest absolute Gasteiger partial charge is 0.394 e. The number of nitrogens with zero attached hydrogens (tertiary/aromatic N) is 1. The van der Waals surface area contributed by atoms with Crippen LogP contribution in [0, 0.1) is 0 Å². The molecule has 0 aliphatic carbocycles. The summed E-state index contributed by atoms with van der Waals surface area (Å²) < 4.78 is 32.5. The van der Waals surface area contributed by atoms with E-state index in [1.807, 2.05) is 0 Å². The number of benzene rings is 1. The summed E-state index contributed by atoms with van der Waals surface area (Å²) in [6.45, 7) is 0.454. The first-order valence-electron chi connectivity index (χ1n) is 6.51. The molecule has 7 heteroatoms. The predicted molar refractivity (Wildman–Crippen MR) is 81.3 cm³/mol. The Labute approximate surface area is 127 Å². The Morgan fingerprint density at radius 3 is 2.60 bits per heavy atom. The number of rotatable bonds is 6. The van der Waals surface area contributed by atoms with Crippen LogP contribution < -0.4 is 4.31 Å². The number of anilines is 1. The number of sulfonamides is 1. The molecule has 0 saturated carbocycles. The SMILES string of the molecule is O=S(=O)(CC1CCCO1)N(CCO)c1ccc(Br)cc1. The van der Waals surface area contributed by atoms with Gasteiger partial charge in [-0.2, -0.15) is 0 Å². The van der Waals surface area contributed by atoms with E-state index in [0.29, 0.717) is 12.3 Å². The van der Waals surface area contributed by atoms with Gasteiger partial charge in [-0.05, 0) is 37.1 Å². The van der Waals surface area contributed by atoms with E-state index >= 15 is 0 Å². The molecule has 1 atom stereocenters. The zero-order valence-corrected chi connectivity index (χ0v) is 13.4. The zero-order chi connectivity index (χ0) is 14.6. The smallest absolute Gasteiger partial charge is 0.237 e. The van der Waals surface area contributed by atoms with Crippen molar-refractivity contribution >= 4 is 31.6 Å². The molecule has 1 fully saturated rings. The van der Waals surface area contributed by atoms with E-state index in [1.54, 1.807) is 24.3 Å². The first kappa shape index (κ1) is 15.8. The average molecular weight is 364 g/mol. The molecule has 1 aliphatic heterocycles. The van der Waals surface area contributed by atoms with E-state index in [1.165, 1.54) is 4.31 Å². The summed E-state index contributed by atoms with van der Waals surface area (Å²) in [6, 6.07) is 6.99. The third-order valence-corrected chi connectivity index (χ3v) is 5.56. The lowest BCUT2D eigenvalue weighted by molar-refractivity contribution is 0.127. The number of halogens is 1. The highest BCUT2D eigenvalue weighted by molar-refractivity contribution is 9.10. The van der Waals surface area contributed by atoms with Gasteiger partial charge in [0.05, 0.1) is 30.7 Å². The second kappa shape index (κ2) is 6.89. The molecule has 2 rings (SSSR count). The summed E-state index contributed by atoms with van der Waals surface area (Å²) in [6.07, 6.45) is 1.43. The lowest BCUT2D eigenvalue weighted by atomic mass is 10.3. The van der Waals surface area contributed by atoms with Crippen molar-refractivity contribution in [3.63, 3.8) is 0 Å². The molecule has 1 heterocycles. The third kappa shape index (κ3) is 3.94. The molecule has 1 N–H and O–H groups in total. The topological polar surface area (TPSA) is 66.8 Å². The van der Waals surface area contributed by atoms with Crippen LogP contribution in [0.1, 0.15) is 12.8 Å². The minimum absolute atomic E-state index is 0.0386. The second-order valence-electron chi connectivity index (χ2n) is 4.69. The van der Waals surface area contributed by atoms with Gasteiger partial charge in [0.25, 0.3) is 0 Å². The van der Waals surface area contributed by atoms with Crippen molar-refractivity contribution in [2.75, 3.05) is 29.8 Å². The quantitative estimate of drug-likeness (QED) is 0.835. The van der Waals surface area contributed by atoms with Crippen LogP contribution in [-0.2, 0) is 14.8 Å². The molecule has 1 aliphatic rings. The Balaban J connectivity index is 2.19. The van der Waals surface area contributed by atoms with Gasteiger partial charge in [0.1, 0.15) is 0 Å². The first-order valence-corrected chi connectivity index (χ1v) is 8.91. The summed E-state index contributed by atoms with van der Waals surface area (Å²) in [7, 11) is -3.50. The first-order chi connectivity index (χ1) is 9.53. The molecule has 1 saturated heterocycles. The van der Waals surface area contributed by atoms with Crippen LogP contribution in [0.4, 0.5) is 5.69 Å². The zero-order valence-electron chi connectivity index (χ0n) is 11.0. The number of hydrogen-bond donors (Lipinski definition) is 1. The number of ether oxygens (including phenoxy) is 1. The number of hydrogen-bond acceptors (Lipinski definition) is 4. The molecule has 5 nitrogen and oxygen atoms in total. The lowest BCUT2D eigenvalue weighted by Gasteiger charge is -2.25. The molecule has 1 aromatic carbocycles. The fourth-order valence-corrected chi connectivity index (χ4v) is 4.21. The maximum Gasteiger partial charge on any atom is 0.237 e. The average Bonchev–Trinajstić information content (AvgIpc) is 2.89. The van der Waals surface area contributed by atoms with Crippen molar-refractivity contribution in [2.45, 2.75) is 18.9 Å². The summed E-state index contributed by atoms with van der Waals surface area (Å²) in [5, 5.41) is 9.13. The van der Waals surface area contributed by atoms with Crippen LogP contribution in [0.15, 0.2) is 28.7 Å². The summed E-state index contributed by atoms with van der Waals surface area (Å²) in [5.41, 5.74) is 0.556. The minimum atomic E-state index is -3.50. The number of aliphatic hydroxyl groups excluding tert-OH is 1. The van der Waals surface area contributed by atoms with Gasteiger partial charge >= 0.3 is 0 Å². The highest BCUT2D eigenvalue weighted by atomic mass is 79.9. The van der Waals surface area contributed by atoms with E-state index in [-0.39, 0.29) is 25.0 Å². The molecule has 0 aromatic heterocycles. The maximum absolute atomic E-state index is 12.5. The van der Waals surface area contributed by atoms with Crippen LogP contribution in [0.5, 0.6) is 0 Å². The second-order valence-corrected chi connectivity index (χ2v) is 7.54. The van der Waals surface area contributed by atoms with Crippen LogP contribution in [0.3, 0.4) is 0 Å². The Kier molecular flexibility index (Phi) is 5.42. The molecule has 0 spiro atoms. The Hall–Kier alpha value is -0.630. The Bertz CT molecular complexity index is 526. The van der Waals surface area contributed by atoms with Gasteiger partial charge in [-0.15, -0.1) is 0 Å². The molecule has 0 bridgehead atoms. The van der Waals surface area contributed by atoms with Gasteiger partial charge in [-0.1, -0.05) is 15.9 Å². The monoisotopic (exact) mass is 363 g/mol. The van der Waals surface area contributed by atoms with Crippen LogP contribution in [-0.4, -0.2) is 45.1 Å². The highest BCUT2D eigenvalue weighted by Crippen LogP contribution is 2.23. The van der Waals surface area contributed by atoms with Gasteiger partial charge in [-0.25, -0.2) is 8.42 Å². The fourth-order valence-electron chi connectivity index (χ4n) is 2.23. The predicted octanol–water partition coefficient (Wildman–Crippen LogP) is 1.76. The highest BCUT2D eigenvalue weighted by Gasteiger charge is 2.28. The molecule has 20 heavy (non-hydrogen) atoms. The van der Waals surface area contributed by atoms with E-state index in [9.17, 15) is 8.42 Å². The van der Waals surface area contributed by atoms with Gasteiger partial charge in [0, 0.05) is 11.1 Å². The van der Waals surface area contributed by atoms with E-state index in [2.05, 4.69) is 15.9 Å². The lowest BCUT2D eigenvalue weighted by Crippen LogP contribution is -2.38. The van der Waals surface area contributed by atoms with E-state index in [4.69, 9.17) is 9.84 Å². The normalized spacial score (nSPS) is 19.2. The van der Waals surface area contributed by atoms with Crippen LogP contribution >= 0.6 is 15.9 Å². The van der Waals surface area contributed by atoms with E-state index < -0.39 is 10.0 Å². The van der Waals surface area contributed by atoms with Crippen molar-refractivity contribution in [2.24, 2.45) is 0 Å². The Morgan fingerprint density at radius 1 is 1.35 bits per heavy atom. The fraction of sp³-hybridized carbons (Fsp3) is 0.538. The van der Waals surface area contributed by atoms with Crippen molar-refractivity contribution in [3.8, 4) is 0 Å². The molecular formula is C13H18BrNO4S. The van der Waals surface area contributed by atoms with Crippen LogP contribution in [0.2, 0.25) is 0 Å². The van der Waals surface area contributed by atoms with Gasteiger partial charge in [0.2, 0.25) is 10.0 Å². The van der Waals surface area contributed by atoms with Crippen molar-refractivity contribution < 1.29 is 18.3 Å². The molecule has 0 amide bonds. The van der Waals surface area contributed by atoms with Crippen molar-refractivity contribution in [3.05, 3.63) is 28.7 Å². The minimum Gasteiger partial charge on any atom is -0.394 e. The summed E-state index contributed by atoms with van der Waals surface area (Å²) in [5.74, 6) is -0.0386. The third-order valence-electron chi connectivity index (χ3n) is 3.17. The molecule has 0 radical (unpaired) electrons. The summed E-state index contributed by atoms with van der Waals surface area (Å²) in [4.78, 5) is 0. The Morgan fingerprint density at radius 2 is 2.05 bits per heavy atom. The summed E-state index contributed by atoms with van der Waals surface area (Å²) >= 11 is 3.32. The van der Waals surface area contributed by atoms with Gasteiger partial charge < -0.3 is 9.84 Å². The van der Waals surface area contributed by atoms with Crippen molar-refractivity contribution in [1.82, 2.24) is 0 Å². The van der Waals surface area contributed by atoms with Crippen molar-refractivity contribution in [1.29, 1.82) is 0 Å². The molecule has 112 valence electrons.